The fourth-order valence-corrected chi connectivity index (χ4v) is 0.236. The molecular weight excluding hydrogens is 204 g/mol. The number of hydrogen-bond donors (Lipinski definition) is 0. The average Bonchev–Trinajstić information content (AvgIpc) is 2.39. The normalized spacial score (nSPS) is 5.53. The first-order chi connectivity index (χ1) is 8.24. The first kappa shape index (κ1) is 36.0. The van der Waals surface area contributed by atoms with E-state index in [2.05, 4.69) is 32.2 Å². The van der Waals surface area contributed by atoms with Crippen molar-refractivity contribution in [2.75, 3.05) is 0 Å². The highest BCUT2D eigenvalue weighted by molar-refractivity contribution is 4.73. The van der Waals surface area contributed by atoms with Crippen LogP contribution in [-0.4, -0.2) is 0 Å². The van der Waals surface area contributed by atoms with Crippen LogP contribution in [0.4, 0.5) is 0 Å². The summed E-state index contributed by atoms with van der Waals surface area (Å²) in [5.74, 6) is 0. The Morgan fingerprint density at radius 1 is 0.706 bits per heavy atom. The Labute approximate surface area is 114 Å². The Morgan fingerprint density at radius 2 is 0.882 bits per heavy atom. The van der Waals surface area contributed by atoms with Crippen molar-refractivity contribution in [3.05, 3.63) is 37.5 Å². The van der Waals surface area contributed by atoms with Gasteiger partial charge in [0.15, 0.2) is 0 Å². The van der Waals surface area contributed by atoms with E-state index in [1.54, 1.807) is 12.2 Å². The van der Waals surface area contributed by atoms with Crippen LogP contribution >= 0.6 is 0 Å². The summed E-state index contributed by atoms with van der Waals surface area (Å²) >= 11 is 0. The van der Waals surface area contributed by atoms with Crippen LogP contribution in [0.5, 0.6) is 0 Å². The molecule has 0 heteroatoms. The molecule has 0 radical (unpaired) electrons. The maximum absolute atomic E-state index is 3.36. The van der Waals surface area contributed by atoms with Crippen molar-refractivity contribution in [3.8, 4) is 0 Å². The van der Waals surface area contributed by atoms with Crippen LogP contribution in [0.25, 0.3) is 0 Å². The Bertz CT molecular complexity index is 72.0. The third kappa shape index (κ3) is 1790. The second-order valence-electron chi connectivity index (χ2n) is 1.79. The summed E-state index contributed by atoms with van der Waals surface area (Å²) in [6.45, 7) is 26.7. The highest BCUT2D eigenvalue weighted by Crippen LogP contribution is 1.73. The van der Waals surface area contributed by atoms with Crippen LogP contribution in [0, 0.1) is 0 Å². The maximum Gasteiger partial charge on any atom is -0.0379 e. The SMILES string of the molecule is C/C=C\CC.C=CC.C=CC.CC.CC.CC. The molecule has 0 saturated carbocycles. The molecule has 108 valence electrons. The molecule has 17 heavy (non-hydrogen) atoms. The van der Waals surface area contributed by atoms with Gasteiger partial charge in [0, 0.05) is 0 Å². The molecule has 0 aliphatic rings. The van der Waals surface area contributed by atoms with Gasteiger partial charge in [-0.05, 0) is 27.2 Å². The molecule has 0 N–H and O–H groups in total. The first-order valence-corrected chi connectivity index (χ1v) is 7.00. The van der Waals surface area contributed by atoms with Crippen LogP contribution in [-0.2, 0) is 0 Å². The second kappa shape index (κ2) is 173. The van der Waals surface area contributed by atoms with E-state index in [9.17, 15) is 0 Å². The van der Waals surface area contributed by atoms with Crippen molar-refractivity contribution in [3.63, 3.8) is 0 Å². The van der Waals surface area contributed by atoms with Crippen molar-refractivity contribution in [1.82, 2.24) is 0 Å². The van der Waals surface area contributed by atoms with Crippen LogP contribution in [0.15, 0.2) is 37.5 Å². The third-order valence-electron chi connectivity index (χ3n) is 0.471. The molecule has 0 atom stereocenters. The van der Waals surface area contributed by atoms with E-state index in [0.717, 1.165) is 6.42 Å². The second-order valence-corrected chi connectivity index (χ2v) is 1.79. The number of rotatable bonds is 1. The van der Waals surface area contributed by atoms with E-state index in [-0.39, 0.29) is 0 Å². The molecule has 0 saturated heterocycles. The molecule has 0 aliphatic carbocycles. The molecule has 0 aromatic rings. The molecule has 0 aliphatic heterocycles. The molecule has 0 aromatic carbocycles. The Morgan fingerprint density at radius 3 is 0.882 bits per heavy atom. The molecule has 0 aromatic heterocycles. The lowest BCUT2D eigenvalue weighted by Crippen LogP contribution is -1.43. The maximum atomic E-state index is 3.36. The minimum atomic E-state index is 1.16. The predicted octanol–water partition coefficient (Wildman–Crippen LogP) is 7.44. The van der Waals surface area contributed by atoms with Crippen LogP contribution in [0.3, 0.4) is 0 Å². The van der Waals surface area contributed by atoms with Gasteiger partial charge in [0.05, 0.1) is 0 Å². The third-order valence-corrected chi connectivity index (χ3v) is 0.471. The standard InChI is InChI=1S/C5H10.2C3H6.3C2H6/c1-3-5-4-2;2*1-3-2;3*1-2/h3,5H,4H2,1-2H3;2*3H,1H2,2H3;3*1-2H3/b5-3-;;;;;. The van der Waals surface area contributed by atoms with E-state index in [1.165, 1.54) is 0 Å². The fraction of sp³-hybridized carbons (Fsp3) is 0.647. The van der Waals surface area contributed by atoms with Gasteiger partial charge < -0.3 is 0 Å². The summed E-state index contributed by atoms with van der Waals surface area (Å²) in [6.07, 6.45) is 8.84. The Balaban J connectivity index is -0.0000000225. The van der Waals surface area contributed by atoms with Crippen molar-refractivity contribution < 1.29 is 0 Å². The Kier molecular flexibility index (Phi) is 366. The summed E-state index contributed by atoms with van der Waals surface area (Å²) in [5.41, 5.74) is 0. The highest BCUT2D eigenvalue weighted by atomic mass is 13.6. The van der Waals surface area contributed by atoms with Crippen LogP contribution in [0.2, 0.25) is 0 Å². The van der Waals surface area contributed by atoms with Crippen molar-refractivity contribution >= 4 is 0 Å². The predicted molar refractivity (Wildman–Crippen MR) is 90.9 cm³/mol. The zero-order chi connectivity index (χ0) is 15.5. The summed E-state index contributed by atoms with van der Waals surface area (Å²) in [5, 5.41) is 0. The van der Waals surface area contributed by atoms with Gasteiger partial charge in [-0.2, -0.15) is 0 Å². The molecule has 0 spiro atoms. The summed E-state index contributed by atoms with van der Waals surface area (Å²) in [6, 6.07) is 0. The van der Waals surface area contributed by atoms with E-state index < -0.39 is 0 Å². The summed E-state index contributed by atoms with van der Waals surface area (Å²) in [4.78, 5) is 0. The van der Waals surface area contributed by atoms with E-state index in [4.69, 9.17) is 0 Å². The topological polar surface area (TPSA) is 0 Å². The minimum Gasteiger partial charge on any atom is -0.103 e. The summed E-state index contributed by atoms with van der Waals surface area (Å²) < 4.78 is 0. The van der Waals surface area contributed by atoms with E-state index in [0.29, 0.717) is 0 Å². The van der Waals surface area contributed by atoms with Gasteiger partial charge in [-0.15, -0.1) is 13.2 Å². The molecule has 0 rings (SSSR count). The van der Waals surface area contributed by atoms with E-state index in [1.807, 2.05) is 62.3 Å². The largest absolute Gasteiger partial charge is 0.103 e. The molecule has 0 amide bonds. The van der Waals surface area contributed by atoms with Gasteiger partial charge in [0.25, 0.3) is 0 Å². The van der Waals surface area contributed by atoms with Gasteiger partial charge in [-0.25, -0.2) is 0 Å². The number of allylic oxidation sites excluding steroid dienone is 4. The smallest absolute Gasteiger partial charge is 0.0379 e. The number of hydrogen-bond acceptors (Lipinski definition) is 0. The van der Waals surface area contributed by atoms with Crippen molar-refractivity contribution in [1.29, 1.82) is 0 Å². The van der Waals surface area contributed by atoms with Crippen molar-refractivity contribution in [2.45, 2.75) is 75.7 Å². The summed E-state index contributed by atoms with van der Waals surface area (Å²) in [7, 11) is 0. The van der Waals surface area contributed by atoms with Gasteiger partial charge in [0.2, 0.25) is 0 Å². The molecule has 0 unspecified atom stereocenters. The van der Waals surface area contributed by atoms with Gasteiger partial charge >= 0.3 is 0 Å². The zero-order valence-corrected chi connectivity index (χ0v) is 14.4. The van der Waals surface area contributed by atoms with Crippen LogP contribution in [0.1, 0.15) is 75.7 Å². The minimum absolute atomic E-state index is 1.16. The van der Waals surface area contributed by atoms with E-state index >= 15 is 0 Å². The van der Waals surface area contributed by atoms with Gasteiger partial charge in [-0.3, -0.25) is 0 Å². The van der Waals surface area contributed by atoms with Gasteiger partial charge in [0.1, 0.15) is 0 Å². The highest BCUT2D eigenvalue weighted by Gasteiger charge is 1.52. The first-order valence-electron chi connectivity index (χ1n) is 7.00. The average molecular weight is 245 g/mol. The molecule has 0 heterocycles. The lowest BCUT2D eigenvalue weighted by atomic mass is 10.4. The quantitative estimate of drug-likeness (QED) is 0.420. The molecule has 0 nitrogen and oxygen atoms in total. The molecular formula is C17H40. The monoisotopic (exact) mass is 244 g/mol. The lowest BCUT2D eigenvalue weighted by molar-refractivity contribution is 1.22. The van der Waals surface area contributed by atoms with Crippen LogP contribution < -0.4 is 0 Å². The fourth-order valence-electron chi connectivity index (χ4n) is 0.236. The Hall–Kier alpha value is -0.780. The lowest BCUT2D eigenvalue weighted by Gasteiger charge is -1.65. The van der Waals surface area contributed by atoms with Crippen molar-refractivity contribution in [2.24, 2.45) is 0 Å². The molecule has 0 bridgehead atoms. The zero-order valence-electron chi connectivity index (χ0n) is 14.4. The molecule has 0 fully saturated rings. The van der Waals surface area contributed by atoms with Gasteiger partial charge in [-0.1, -0.05) is 72.8 Å².